The molecular weight excluding hydrogens is 528 g/mol. The summed E-state index contributed by atoms with van der Waals surface area (Å²) in [6.07, 6.45) is 2.91. The lowest BCUT2D eigenvalue weighted by Gasteiger charge is -2.36. The lowest BCUT2D eigenvalue weighted by atomic mass is 10.0. The predicted octanol–water partition coefficient (Wildman–Crippen LogP) is 4.37. The number of likely N-dealkylation sites (tertiary alicyclic amines) is 2. The zero-order valence-corrected chi connectivity index (χ0v) is 23.6. The fraction of sp³-hybridized carbons (Fsp3) is 0.303. The van der Waals surface area contributed by atoms with Crippen LogP contribution in [0.15, 0.2) is 72.9 Å². The SMILES string of the molecule is CC(C)C[C@H](NC(=O)c1cc2ccccc2[nH]1)C(=O)N1C[C@@H]2C[C@H]1CN2C(=O)c1ccc(-c2ccc(C#N)cc2)cn1. The molecule has 3 amide bonds. The summed E-state index contributed by atoms with van der Waals surface area (Å²) in [4.78, 5) is 51.5. The Morgan fingerprint density at radius 3 is 2.36 bits per heavy atom. The molecular formula is C33H32N6O3. The second kappa shape index (κ2) is 11.1. The van der Waals surface area contributed by atoms with Crippen molar-refractivity contribution in [2.45, 2.75) is 44.8 Å². The highest BCUT2D eigenvalue weighted by Gasteiger charge is 2.48. The van der Waals surface area contributed by atoms with Crippen molar-refractivity contribution >= 4 is 28.6 Å². The molecule has 42 heavy (non-hydrogen) atoms. The van der Waals surface area contributed by atoms with Crippen molar-refractivity contribution in [2.24, 2.45) is 5.92 Å². The van der Waals surface area contributed by atoms with Crippen LogP contribution in [-0.4, -0.2) is 68.7 Å². The second-order valence-corrected chi connectivity index (χ2v) is 11.5. The largest absolute Gasteiger partial charge is 0.351 e. The number of rotatable bonds is 7. The molecule has 2 aliphatic rings. The molecule has 2 N–H and O–H groups in total. The van der Waals surface area contributed by atoms with E-state index in [0.29, 0.717) is 42.9 Å². The van der Waals surface area contributed by atoms with E-state index in [4.69, 9.17) is 5.26 Å². The number of hydrogen-bond acceptors (Lipinski definition) is 5. The van der Waals surface area contributed by atoms with Crippen molar-refractivity contribution in [1.82, 2.24) is 25.1 Å². The average Bonchev–Trinajstić information content (AvgIpc) is 3.75. The fourth-order valence-electron chi connectivity index (χ4n) is 6.09. The van der Waals surface area contributed by atoms with Crippen LogP contribution in [0.3, 0.4) is 0 Å². The molecule has 2 aromatic heterocycles. The number of nitriles is 1. The van der Waals surface area contributed by atoms with Crippen LogP contribution in [-0.2, 0) is 4.79 Å². The number of hydrogen-bond donors (Lipinski definition) is 2. The van der Waals surface area contributed by atoms with E-state index in [1.807, 2.05) is 66.1 Å². The molecule has 3 atom stereocenters. The molecule has 2 aromatic carbocycles. The van der Waals surface area contributed by atoms with Gasteiger partial charge in [0.25, 0.3) is 11.8 Å². The number of carbonyl (C=O) groups excluding carboxylic acids is 3. The maximum Gasteiger partial charge on any atom is 0.272 e. The van der Waals surface area contributed by atoms with Gasteiger partial charge in [-0.05, 0) is 54.7 Å². The van der Waals surface area contributed by atoms with Gasteiger partial charge in [0, 0.05) is 35.8 Å². The van der Waals surface area contributed by atoms with Gasteiger partial charge in [-0.3, -0.25) is 19.4 Å². The van der Waals surface area contributed by atoms with Gasteiger partial charge in [0.15, 0.2) is 0 Å². The first kappa shape index (κ1) is 27.2. The highest BCUT2D eigenvalue weighted by atomic mass is 16.2. The average molecular weight is 561 g/mol. The van der Waals surface area contributed by atoms with Crippen LogP contribution in [0.2, 0.25) is 0 Å². The number of carbonyl (C=O) groups is 3. The Labute approximate surface area is 244 Å². The lowest BCUT2D eigenvalue weighted by molar-refractivity contribution is -0.135. The first-order chi connectivity index (χ1) is 20.3. The summed E-state index contributed by atoms with van der Waals surface area (Å²) in [6.45, 7) is 4.95. The van der Waals surface area contributed by atoms with E-state index in [9.17, 15) is 14.4 Å². The minimum Gasteiger partial charge on any atom is -0.351 e. The van der Waals surface area contributed by atoms with Gasteiger partial charge < -0.3 is 20.1 Å². The summed E-state index contributed by atoms with van der Waals surface area (Å²) < 4.78 is 0. The summed E-state index contributed by atoms with van der Waals surface area (Å²) in [5.74, 6) is -0.343. The molecule has 4 aromatic rings. The van der Waals surface area contributed by atoms with Crippen molar-refractivity contribution < 1.29 is 14.4 Å². The van der Waals surface area contributed by atoms with Crippen molar-refractivity contribution in [2.75, 3.05) is 13.1 Å². The van der Waals surface area contributed by atoms with Gasteiger partial charge >= 0.3 is 0 Å². The van der Waals surface area contributed by atoms with Gasteiger partial charge in [0.2, 0.25) is 5.91 Å². The van der Waals surface area contributed by atoms with Crippen LogP contribution in [0.5, 0.6) is 0 Å². The Balaban J connectivity index is 1.11. The third-order valence-corrected chi connectivity index (χ3v) is 8.20. The molecule has 2 saturated heterocycles. The smallest absolute Gasteiger partial charge is 0.272 e. The number of amides is 3. The predicted molar refractivity (Wildman–Crippen MR) is 158 cm³/mol. The van der Waals surface area contributed by atoms with Crippen molar-refractivity contribution in [3.63, 3.8) is 0 Å². The monoisotopic (exact) mass is 560 g/mol. The van der Waals surface area contributed by atoms with E-state index in [0.717, 1.165) is 22.0 Å². The number of fused-ring (bicyclic) bond motifs is 3. The molecule has 6 rings (SSSR count). The Hall–Kier alpha value is -4.97. The van der Waals surface area contributed by atoms with Crippen molar-refractivity contribution in [3.8, 4) is 17.2 Å². The van der Waals surface area contributed by atoms with E-state index in [-0.39, 0.29) is 35.7 Å². The van der Waals surface area contributed by atoms with Gasteiger partial charge in [-0.2, -0.15) is 5.26 Å². The number of para-hydroxylation sites is 1. The number of H-pyrrole nitrogens is 1. The maximum atomic E-state index is 13.7. The highest BCUT2D eigenvalue weighted by Crippen LogP contribution is 2.33. The molecule has 2 fully saturated rings. The number of piperazine rings is 1. The van der Waals surface area contributed by atoms with E-state index in [1.165, 1.54) is 0 Å². The summed E-state index contributed by atoms with van der Waals surface area (Å²) in [5, 5.41) is 12.9. The topological polar surface area (TPSA) is 122 Å². The van der Waals surface area contributed by atoms with Gasteiger partial charge in [-0.1, -0.05) is 50.2 Å². The summed E-state index contributed by atoms with van der Waals surface area (Å²) in [5.41, 5.74) is 4.02. The number of nitrogens with zero attached hydrogens (tertiary/aromatic N) is 4. The molecule has 0 unspecified atom stereocenters. The Morgan fingerprint density at radius 2 is 1.71 bits per heavy atom. The van der Waals surface area contributed by atoms with Gasteiger partial charge in [0.05, 0.1) is 23.7 Å². The van der Waals surface area contributed by atoms with Crippen LogP contribution >= 0.6 is 0 Å². The Bertz CT molecular complexity index is 1650. The standard InChI is InChI=1S/C33H32N6O3/c1-20(2)13-30(37-31(40)29-14-23-5-3-4-6-27(23)36-29)33(42)39-19-25-15-26(39)18-38(25)32(41)28-12-11-24(17-35-28)22-9-7-21(16-34)8-10-22/h3-12,14,17,20,25-26,30,36H,13,15,18-19H2,1-2H3,(H,37,40)/t25-,26-,30-/m0/s1. The number of nitrogens with one attached hydrogen (secondary N) is 2. The molecule has 4 heterocycles. The van der Waals surface area contributed by atoms with E-state index < -0.39 is 6.04 Å². The Kier molecular flexibility index (Phi) is 7.21. The molecule has 212 valence electrons. The zero-order valence-electron chi connectivity index (χ0n) is 23.6. The van der Waals surface area contributed by atoms with Crippen LogP contribution < -0.4 is 5.32 Å². The summed E-state index contributed by atoms with van der Waals surface area (Å²) in [6, 6.07) is 21.6. The molecule has 0 spiro atoms. The van der Waals surface area contributed by atoms with Gasteiger partial charge in [-0.15, -0.1) is 0 Å². The second-order valence-electron chi connectivity index (χ2n) is 11.5. The van der Waals surface area contributed by atoms with Crippen LogP contribution in [0.4, 0.5) is 0 Å². The van der Waals surface area contributed by atoms with Crippen LogP contribution in [0.1, 0.15) is 53.2 Å². The van der Waals surface area contributed by atoms with E-state index in [2.05, 4.69) is 21.4 Å². The molecule has 2 aliphatic heterocycles. The van der Waals surface area contributed by atoms with Gasteiger partial charge in [-0.25, -0.2) is 0 Å². The van der Waals surface area contributed by atoms with Crippen molar-refractivity contribution in [3.05, 3.63) is 89.9 Å². The number of pyridine rings is 1. The summed E-state index contributed by atoms with van der Waals surface area (Å²) >= 11 is 0. The molecule has 0 radical (unpaired) electrons. The van der Waals surface area contributed by atoms with E-state index in [1.54, 1.807) is 30.5 Å². The number of benzene rings is 2. The van der Waals surface area contributed by atoms with Crippen molar-refractivity contribution in [1.29, 1.82) is 5.26 Å². The lowest BCUT2D eigenvalue weighted by Crippen LogP contribution is -2.56. The first-order valence-corrected chi connectivity index (χ1v) is 14.3. The minimum absolute atomic E-state index is 0.0874. The van der Waals surface area contributed by atoms with E-state index >= 15 is 0 Å². The minimum atomic E-state index is -0.649. The quantitative estimate of drug-likeness (QED) is 0.348. The van der Waals surface area contributed by atoms with Gasteiger partial charge in [0.1, 0.15) is 17.4 Å². The van der Waals surface area contributed by atoms with Crippen LogP contribution in [0, 0.1) is 17.2 Å². The maximum absolute atomic E-state index is 13.7. The third-order valence-electron chi connectivity index (χ3n) is 8.20. The highest BCUT2D eigenvalue weighted by molar-refractivity contribution is 6.00. The third kappa shape index (κ3) is 5.23. The fourth-order valence-corrected chi connectivity index (χ4v) is 6.09. The number of aromatic nitrogens is 2. The zero-order chi connectivity index (χ0) is 29.4. The molecule has 9 nitrogen and oxygen atoms in total. The Morgan fingerprint density at radius 1 is 1.00 bits per heavy atom. The molecule has 0 saturated carbocycles. The molecule has 2 bridgehead atoms. The molecule has 0 aliphatic carbocycles. The normalized spacial score (nSPS) is 18.3. The molecule has 9 heteroatoms. The number of aromatic amines is 1. The van der Waals surface area contributed by atoms with Crippen LogP contribution in [0.25, 0.3) is 22.0 Å². The summed E-state index contributed by atoms with van der Waals surface area (Å²) in [7, 11) is 0. The first-order valence-electron chi connectivity index (χ1n) is 14.3.